The Morgan fingerprint density at radius 3 is 3.00 bits per heavy atom. The monoisotopic (exact) mass is 227 g/mol. The van der Waals surface area contributed by atoms with Gasteiger partial charge in [-0.25, -0.2) is 0 Å². The molecular formula is C12H9N3O2. The summed E-state index contributed by atoms with van der Waals surface area (Å²) in [6, 6.07) is 6.20. The highest BCUT2D eigenvalue weighted by atomic mass is 16.3. The van der Waals surface area contributed by atoms with Gasteiger partial charge in [0.2, 0.25) is 0 Å². The van der Waals surface area contributed by atoms with Gasteiger partial charge in [-0.2, -0.15) is 5.26 Å². The van der Waals surface area contributed by atoms with E-state index < -0.39 is 6.04 Å². The molecule has 0 bridgehead atoms. The van der Waals surface area contributed by atoms with E-state index in [9.17, 15) is 4.79 Å². The van der Waals surface area contributed by atoms with E-state index in [1.807, 2.05) is 6.07 Å². The van der Waals surface area contributed by atoms with E-state index in [4.69, 9.17) is 9.68 Å². The van der Waals surface area contributed by atoms with E-state index in [0.29, 0.717) is 11.1 Å². The highest BCUT2D eigenvalue weighted by Gasteiger charge is 2.15. The Labute approximate surface area is 97.7 Å². The number of nitrogens with one attached hydrogen (secondary N) is 1. The molecule has 0 aliphatic heterocycles. The molecule has 84 valence electrons. The number of pyridine rings is 1. The summed E-state index contributed by atoms with van der Waals surface area (Å²) in [6.45, 7) is 0. The van der Waals surface area contributed by atoms with Gasteiger partial charge in [0.1, 0.15) is 6.04 Å². The largest absolute Gasteiger partial charge is 0.472 e. The Morgan fingerprint density at radius 1 is 1.53 bits per heavy atom. The molecule has 1 atom stereocenters. The number of aromatic nitrogens is 1. The first-order chi connectivity index (χ1) is 8.31. The third kappa shape index (κ3) is 2.49. The Hall–Kier alpha value is -2.61. The first kappa shape index (κ1) is 10.9. The number of nitriles is 1. The maximum Gasteiger partial charge on any atom is 0.254 e. The lowest BCUT2D eigenvalue weighted by Crippen LogP contribution is -2.27. The van der Waals surface area contributed by atoms with Crippen LogP contribution in [0.3, 0.4) is 0 Å². The van der Waals surface area contributed by atoms with Gasteiger partial charge in [-0.05, 0) is 18.2 Å². The summed E-state index contributed by atoms with van der Waals surface area (Å²) < 4.78 is 4.87. The highest BCUT2D eigenvalue weighted by Crippen LogP contribution is 2.12. The van der Waals surface area contributed by atoms with E-state index in [1.165, 1.54) is 18.7 Å². The fourth-order valence-electron chi connectivity index (χ4n) is 1.34. The zero-order valence-electron chi connectivity index (χ0n) is 8.83. The van der Waals surface area contributed by atoms with Crippen molar-refractivity contribution in [1.29, 1.82) is 5.26 Å². The summed E-state index contributed by atoms with van der Waals surface area (Å²) in [6.07, 6.45) is 5.90. The number of hydrogen-bond acceptors (Lipinski definition) is 4. The van der Waals surface area contributed by atoms with Crippen molar-refractivity contribution in [3.63, 3.8) is 0 Å². The second kappa shape index (κ2) is 4.94. The molecule has 1 N–H and O–H groups in total. The molecule has 1 unspecified atom stereocenters. The molecule has 17 heavy (non-hydrogen) atoms. The minimum atomic E-state index is -0.721. The second-order valence-electron chi connectivity index (χ2n) is 3.33. The van der Waals surface area contributed by atoms with Gasteiger partial charge in [0.25, 0.3) is 5.91 Å². The fourth-order valence-corrected chi connectivity index (χ4v) is 1.34. The third-order valence-corrected chi connectivity index (χ3v) is 2.20. The number of nitrogens with zero attached hydrogens (tertiary/aromatic N) is 2. The third-order valence-electron chi connectivity index (χ3n) is 2.20. The predicted molar refractivity (Wildman–Crippen MR) is 58.8 cm³/mol. The second-order valence-corrected chi connectivity index (χ2v) is 3.33. The molecule has 0 spiro atoms. The number of carbonyl (C=O) groups is 1. The Morgan fingerprint density at radius 2 is 2.41 bits per heavy atom. The molecule has 0 aliphatic rings. The topological polar surface area (TPSA) is 78.9 Å². The lowest BCUT2D eigenvalue weighted by molar-refractivity contribution is 0.0944. The van der Waals surface area contributed by atoms with Crippen LogP contribution in [-0.2, 0) is 0 Å². The van der Waals surface area contributed by atoms with Crippen molar-refractivity contribution in [2.45, 2.75) is 6.04 Å². The van der Waals surface area contributed by atoms with E-state index in [2.05, 4.69) is 10.3 Å². The average molecular weight is 227 g/mol. The summed E-state index contributed by atoms with van der Waals surface area (Å²) in [4.78, 5) is 15.6. The van der Waals surface area contributed by atoms with Gasteiger partial charge in [0.05, 0.1) is 24.2 Å². The van der Waals surface area contributed by atoms with Crippen LogP contribution in [-0.4, -0.2) is 10.9 Å². The normalized spacial score (nSPS) is 11.5. The molecular weight excluding hydrogens is 218 g/mol. The van der Waals surface area contributed by atoms with E-state index in [-0.39, 0.29) is 5.91 Å². The Bertz CT molecular complexity index is 529. The van der Waals surface area contributed by atoms with Crippen molar-refractivity contribution >= 4 is 5.91 Å². The zero-order chi connectivity index (χ0) is 12.1. The van der Waals surface area contributed by atoms with Crippen molar-refractivity contribution in [3.05, 3.63) is 54.2 Å². The van der Waals surface area contributed by atoms with Gasteiger partial charge < -0.3 is 9.73 Å². The van der Waals surface area contributed by atoms with E-state index >= 15 is 0 Å². The molecule has 0 saturated carbocycles. The first-order valence-electron chi connectivity index (χ1n) is 4.94. The molecule has 0 radical (unpaired) electrons. The van der Waals surface area contributed by atoms with Gasteiger partial charge in [-0.15, -0.1) is 0 Å². The standard InChI is InChI=1S/C12H9N3O2/c13-6-11(10-3-5-17-8-10)15-12(16)9-2-1-4-14-7-9/h1-5,7-8,11H,(H,15,16). The molecule has 2 aromatic heterocycles. The van der Waals surface area contributed by atoms with Crippen LogP contribution in [0.5, 0.6) is 0 Å². The lowest BCUT2D eigenvalue weighted by atomic mass is 10.1. The van der Waals surface area contributed by atoms with Crippen LogP contribution < -0.4 is 5.32 Å². The van der Waals surface area contributed by atoms with Crippen molar-refractivity contribution in [2.24, 2.45) is 0 Å². The van der Waals surface area contributed by atoms with Crippen LogP contribution in [0.4, 0.5) is 0 Å². The summed E-state index contributed by atoms with van der Waals surface area (Å²) in [7, 11) is 0. The zero-order valence-corrected chi connectivity index (χ0v) is 8.83. The molecule has 0 aliphatic carbocycles. The number of furan rings is 1. The van der Waals surface area contributed by atoms with Crippen LogP contribution in [0, 0.1) is 11.3 Å². The molecule has 2 rings (SSSR count). The number of hydrogen-bond donors (Lipinski definition) is 1. The molecule has 2 heterocycles. The minimum Gasteiger partial charge on any atom is -0.472 e. The number of rotatable bonds is 3. The van der Waals surface area contributed by atoms with Crippen molar-refractivity contribution in [3.8, 4) is 6.07 Å². The SMILES string of the molecule is N#CC(NC(=O)c1cccnc1)c1ccoc1. The van der Waals surface area contributed by atoms with Crippen LogP contribution in [0.1, 0.15) is 22.0 Å². The van der Waals surface area contributed by atoms with Crippen LogP contribution in [0.15, 0.2) is 47.5 Å². The van der Waals surface area contributed by atoms with Crippen LogP contribution in [0.25, 0.3) is 0 Å². The maximum atomic E-state index is 11.8. The van der Waals surface area contributed by atoms with Gasteiger partial charge in [0.15, 0.2) is 0 Å². The minimum absolute atomic E-state index is 0.342. The Balaban J connectivity index is 2.11. The predicted octanol–water partition coefficient (Wildman–Crippen LogP) is 1.67. The van der Waals surface area contributed by atoms with Gasteiger partial charge in [0, 0.05) is 18.0 Å². The summed E-state index contributed by atoms with van der Waals surface area (Å²) in [5.41, 5.74) is 1.03. The molecule has 5 heteroatoms. The van der Waals surface area contributed by atoms with Crippen molar-refractivity contribution < 1.29 is 9.21 Å². The molecule has 2 aromatic rings. The summed E-state index contributed by atoms with van der Waals surface area (Å²) in [5, 5.41) is 11.6. The molecule has 5 nitrogen and oxygen atoms in total. The van der Waals surface area contributed by atoms with E-state index in [1.54, 1.807) is 24.4 Å². The van der Waals surface area contributed by atoms with Crippen LogP contribution in [0.2, 0.25) is 0 Å². The average Bonchev–Trinajstić information content (AvgIpc) is 2.90. The fraction of sp³-hybridized carbons (Fsp3) is 0.0833. The summed E-state index contributed by atoms with van der Waals surface area (Å²) in [5.74, 6) is -0.342. The van der Waals surface area contributed by atoms with Crippen molar-refractivity contribution in [1.82, 2.24) is 10.3 Å². The number of amides is 1. The molecule has 0 saturated heterocycles. The maximum absolute atomic E-state index is 11.8. The van der Waals surface area contributed by atoms with Crippen molar-refractivity contribution in [2.75, 3.05) is 0 Å². The first-order valence-corrected chi connectivity index (χ1v) is 4.94. The smallest absolute Gasteiger partial charge is 0.254 e. The molecule has 1 amide bonds. The van der Waals surface area contributed by atoms with E-state index in [0.717, 1.165) is 0 Å². The lowest BCUT2D eigenvalue weighted by Gasteiger charge is -2.09. The number of carbonyl (C=O) groups excluding carboxylic acids is 1. The molecule has 0 fully saturated rings. The Kier molecular flexibility index (Phi) is 3.17. The highest BCUT2D eigenvalue weighted by molar-refractivity contribution is 5.94. The van der Waals surface area contributed by atoms with Crippen LogP contribution >= 0.6 is 0 Å². The molecule has 0 aromatic carbocycles. The van der Waals surface area contributed by atoms with Gasteiger partial charge in [-0.1, -0.05) is 0 Å². The van der Waals surface area contributed by atoms with Gasteiger partial charge in [-0.3, -0.25) is 9.78 Å². The summed E-state index contributed by atoms with van der Waals surface area (Å²) >= 11 is 0. The van der Waals surface area contributed by atoms with Gasteiger partial charge >= 0.3 is 0 Å². The quantitative estimate of drug-likeness (QED) is 0.864.